The third kappa shape index (κ3) is 7.14. The first-order valence-corrected chi connectivity index (χ1v) is 7.67. The molecule has 21 heavy (non-hydrogen) atoms. The molecule has 0 aromatic heterocycles. The Morgan fingerprint density at radius 3 is 2.48 bits per heavy atom. The number of carbonyl (C=O) groups excluding carboxylic acids is 1. The summed E-state index contributed by atoms with van der Waals surface area (Å²) in [5.74, 6) is -1.16. The minimum absolute atomic E-state index is 0.201. The number of hydrogen-bond donors (Lipinski definition) is 2. The standard InChI is InChI=1S/C16H22ClNO3/c1-2-3-6-14(16(20)21)18-15(19)7-4-5-12-8-10-13(17)11-9-12/h8-11,14H,2-7H2,1H3,(H,18,19)(H,20,21). The fourth-order valence-corrected chi connectivity index (χ4v) is 2.16. The molecule has 1 aromatic rings. The number of halogens is 1. The Kier molecular flexibility index (Phi) is 7.83. The molecular formula is C16H22ClNO3. The normalized spacial score (nSPS) is 11.9. The Hall–Kier alpha value is -1.55. The minimum atomic E-state index is -0.963. The molecule has 0 aliphatic heterocycles. The minimum Gasteiger partial charge on any atom is -0.480 e. The van der Waals surface area contributed by atoms with Crippen molar-refractivity contribution in [2.24, 2.45) is 0 Å². The Morgan fingerprint density at radius 2 is 1.90 bits per heavy atom. The quantitative estimate of drug-likeness (QED) is 0.734. The maximum absolute atomic E-state index is 11.8. The van der Waals surface area contributed by atoms with Gasteiger partial charge in [0.2, 0.25) is 5.91 Å². The number of carboxylic acids is 1. The summed E-state index contributed by atoms with van der Waals surface area (Å²) in [6.07, 6.45) is 3.98. The highest BCUT2D eigenvalue weighted by Gasteiger charge is 2.18. The largest absolute Gasteiger partial charge is 0.480 e. The Balaban J connectivity index is 2.32. The highest BCUT2D eigenvalue weighted by molar-refractivity contribution is 6.30. The molecule has 0 saturated heterocycles. The van der Waals surface area contributed by atoms with Gasteiger partial charge in [-0.3, -0.25) is 4.79 Å². The van der Waals surface area contributed by atoms with Gasteiger partial charge in [0, 0.05) is 11.4 Å². The molecule has 116 valence electrons. The maximum atomic E-state index is 11.8. The monoisotopic (exact) mass is 311 g/mol. The molecule has 1 unspecified atom stereocenters. The van der Waals surface area contributed by atoms with E-state index in [2.05, 4.69) is 5.32 Å². The van der Waals surface area contributed by atoms with E-state index in [4.69, 9.17) is 16.7 Å². The number of amides is 1. The van der Waals surface area contributed by atoms with Crippen molar-refractivity contribution in [1.82, 2.24) is 5.32 Å². The number of aliphatic carboxylic acids is 1. The molecule has 1 rings (SSSR count). The van der Waals surface area contributed by atoms with Crippen molar-refractivity contribution in [3.8, 4) is 0 Å². The number of rotatable bonds is 9. The van der Waals surface area contributed by atoms with Crippen LogP contribution in [0.2, 0.25) is 5.02 Å². The lowest BCUT2D eigenvalue weighted by molar-refractivity contribution is -0.142. The second kappa shape index (κ2) is 9.40. The number of unbranched alkanes of at least 4 members (excludes halogenated alkanes) is 1. The van der Waals surface area contributed by atoms with Crippen LogP contribution in [0.5, 0.6) is 0 Å². The van der Waals surface area contributed by atoms with Gasteiger partial charge in [0.05, 0.1) is 0 Å². The summed E-state index contributed by atoms with van der Waals surface area (Å²) < 4.78 is 0. The van der Waals surface area contributed by atoms with Gasteiger partial charge >= 0.3 is 5.97 Å². The number of benzene rings is 1. The fourth-order valence-electron chi connectivity index (χ4n) is 2.04. The first-order chi connectivity index (χ1) is 10.0. The number of carbonyl (C=O) groups is 2. The zero-order chi connectivity index (χ0) is 15.7. The molecule has 0 aliphatic carbocycles. The summed E-state index contributed by atoms with van der Waals surface area (Å²) in [4.78, 5) is 22.8. The van der Waals surface area contributed by atoms with Gasteiger partial charge < -0.3 is 10.4 Å². The third-order valence-corrected chi connectivity index (χ3v) is 3.51. The molecule has 0 bridgehead atoms. The second-order valence-electron chi connectivity index (χ2n) is 5.08. The van der Waals surface area contributed by atoms with Crippen LogP contribution in [0.4, 0.5) is 0 Å². The Bertz CT molecular complexity index is 459. The smallest absolute Gasteiger partial charge is 0.326 e. The van der Waals surface area contributed by atoms with E-state index in [1.807, 2.05) is 31.2 Å². The van der Waals surface area contributed by atoms with Gasteiger partial charge in [-0.1, -0.05) is 43.5 Å². The molecule has 0 heterocycles. The average molecular weight is 312 g/mol. The maximum Gasteiger partial charge on any atom is 0.326 e. The number of aryl methyl sites for hydroxylation is 1. The molecule has 0 radical (unpaired) electrons. The Morgan fingerprint density at radius 1 is 1.24 bits per heavy atom. The molecule has 1 aromatic carbocycles. The zero-order valence-corrected chi connectivity index (χ0v) is 13.0. The molecule has 1 amide bonds. The van der Waals surface area contributed by atoms with Gasteiger partial charge in [0.15, 0.2) is 0 Å². The van der Waals surface area contributed by atoms with Crippen LogP contribution in [-0.2, 0) is 16.0 Å². The number of carboxylic acid groups (broad SMARTS) is 1. The summed E-state index contributed by atoms with van der Waals surface area (Å²) in [7, 11) is 0. The number of hydrogen-bond acceptors (Lipinski definition) is 2. The molecule has 0 spiro atoms. The summed E-state index contributed by atoms with van der Waals surface area (Å²) in [5.41, 5.74) is 1.12. The third-order valence-electron chi connectivity index (χ3n) is 3.26. The Labute approximate surface area is 130 Å². The molecule has 4 nitrogen and oxygen atoms in total. The van der Waals surface area contributed by atoms with Crippen molar-refractivity contribution in [3.05, 3.63) is 34.9 Å². The average Bonchev–Trinajstić information content (AvgIpc) is 2.45. The zero-order valence-electron chi connectivity index (χ0n) is 12.3. The van der Waals surface area contributed by atoms with Crippen molar-refractivity contribution in [1.29, 1.82) is 0 Å². The first kappa shape index (κ1) is 17.5. The molecule has 1 atom stereocenters. The van der Waals surface area contributed by atoms with Gasteiger partial charge in [-0.15, -0.1) is 0 Å². The van der Waals surface area contributed by atoms with E-state index < -0.39 is 12.0 Å². The summed E-state index contributed by atoms with van der Waals surface area (Å²) in [5, 5.41) is 12.3. The predicted molar refractivity (Wildman–Crippen MR) is 83.5 cm³/mol. The molecule has 0 aliphatic rings. The van der Waals surface area contributed by atoms with Gasteiger partial charge in [0.1, 0.15) is 6.04 Å². The van der Waals surface area contributed by atoms with Crippen molar-refractivity contribution in [2.45, 2.75) is 51.5 Å². The van der Waals surface area contributed by atoms with E-state index in [1.54, 1.807) is 0 Å². The van der Waals surface area contributed by atoms with Crippen molar-refractivity contribution >= 4 is 23.5 Å². The van der Waals surface area contributed by atoms with E-state index in [1.165, 1.54) is 0 Å². The van der Waals surface area contributed by atoms with Gasteiger partial charge in [-0.2, -0.15) is 0 Å². The lowest BCUT2D eigenvalue weighted by Gasteiger charge is -2.14. The van der Waals surface area contributed by atoms with Gasteiger partial charge in [0.25, 0.3) is 0 Å². The van der Waals surface area contributed by atoms with Crippen LogP contribution in [0.3, 0.4) is 0 Å². The van der Waals surface area contributed by atoms with Gasteiger partial charge in [-0.05, 0) is 37.0 Å². The topological polar surface area (TPSA) is 66.4 Å². The van der Waals surface area contributed by atoms with Crippen LogP contribution in [0.25, 0.3) is 0 Å². The van der Waals surface area contributed by atoms with Gasteiger partial charge in [-0.25, -0.2) is 4.79 Å². The summed E-state index contributed by atoms with van der Waals surface area (Å²) in [6, 6.07) is 6.74. The van der Waals surface area contributed by atoms with E-state index in [9.17, 15) is 9.59 Å². The van der Waals surface area contributed by atoms with Crippen LogP contribution in [0.1, 0.15) is 44.6 Å². The molecule has 2 N–H and O–H groups in total. The van der Waals surface area contributed by atoms with Crippen LogP contribution in [-0.4, -0.2) is 23.0 Å². The number of nitrogens with one attached hydrogen (secondary N) is 1. The lowest BCUT2D eigenvalue weighted by Crippen LogP contribution is -2.40. The second-order valence-corrected chi connectivity index (χ2v) is 5.52. The molecule has 0 fully saturated rings. The molecule has 5 heteroatoms. The lowest BCUT2D eigenvalue weighted by atomic mass is 10.1. The van der Waals surface area contributed by atoms with Crippen LogP contribution < -0.4 is 5.32 Å². The first-order valence-electron chi connectivity index (χ1n) is 7.29. The van der Waals surface area contributed by atoms with Crippen LogP contribution in [0.15, 0.2) is 24.3 Å². The van der Waals surface area contributed by atoms with Crippen LogP contribution >= 0.6 is 11.6 Å². The molecular weight excluding hydrogens is 290 g/mol. The SMILES string of the molecule is CCCCC(NC(=O)CCCc1ccc(Cl)cc1)C(=O)O. The molecule has 0 saturated carbocycles. The van der Waals surface area contributed by atoms with E-state index in [0.717, 1.165) is 24.8 Å². The van der Waals surface area contributed by atoms with E-state index >= 15 is 0 Å². The van der Waals surface area contributed by atoms with E-state index in [-0.39, 0.29) is 5.91 Å². The predicted octanol–water partition coefficient (Wildman–Crippen LogP) is 3.42. The highest BCUT2D eigenvalue weighted by Crippen LogP contribution is 2.11. The summed E-state index contributed by atoms with van der Waals surface area (Å²) >= 11 is 5.80. The van der Waals surface area contributed by atoms with Crippen molar-refractivity contribution in [3.63, 3.8) is 0 Å². The fraction of sp³-hybridized carbons (Fsp3) is 0.500. The highest BCUT2D eigenvalue weighted by atomic mass is 35.5. The summed E-state index contributed by atoms with van der Waals surface area (Å²) in [6.45, 7) is 1.99. The van der Waals surface area contributed by atoms with Crippen LogP contribution in [0, 0.1) is 0 Å². The van der Waals surface area contributed by atoms with E-state index in [0.29, 0.717) is 24.3 Å². The van der Waals surface area contributed by atoms with Crippen molar-refractivity contribution in [2.75, 3.05) is 0 Å². The van der Waals surface area contributed by atoms with Crippen molar-refractivity contribution < 1.29 is 14.7 Å².